The van der Waals surface area contributed by atoms with E-state index >= 15 is 0 Å². The molecule has 1 aliphatic heterocycles. The van der Waals surface area contributed by atoms with Gasteiger partial charge in [-0.05, 0) is 26.7 Å². The average molecular weight is 342 g/mol. The summed E-state index contributed by atoms with van der Waals surface area (Å²) in [5.41, 5.74) is 9.67. The Morgan fingerprint density at radius 3 is 2.68 bits per heavy atom. The number of fused-ring (bicyclic) bond motifs is 3. The van der Waals surface area contributed by atoms with Crippen LogP contribution in [0, 0.1) is 0 Å². The number of nitrogen functional groups attached to an aromatic ring is 1. The van der Waals surface area contributed by atoms with Crippen LogP contribution in [0.25, 0.3) is 10.9 Å². The number of H-pyrrole nitrogens is 1. The molecule has 0 amide bonds. The van der Waals surface area contributed by atoms with Gasteiger partial charge in [0.1, 0.15) is 11.3 Å². The summed E-state index contributed by atoms with van der Waals surface area (Å²) in [5, 5.41) is 8.96. The van der Waals surface area contributed by atoms with E-state index in [9.17, 15) is 0 Å². The summed E-state index contributed by atoms with van der Waals surface area (Å²) in [6.45, 7) is 8.33. The maximum Gasteiger partial charge on any atom is 0.158 e. The molecule has 2 aliphatic rings. The van der Waals surface area contributed by atoms with Gasteiger partial charge in [0, 0.05) is 49.9 Å². The molecule has 0 aromatic carbocycles. The Morgan fingerprint density at radius 2 is 1.96 bits per heavy atom. The van der Waals surface area contributed by atoms with Gasteiger partial charge in [-0.1, -0.05) is 19.3 Å². The molecule has 0 bridgehead atoms. The van der Waals surface area contributed by atoms with E-state index in [1.54, 1.807) is 0 Å². The standard InChI is InChI=1S/C19H30N6/c1-3-24(4-2)19-16-14-12-25(13-8-6-5-7-9-13)11-10-15(14)21-18(20)17(16)22-23-19/h13H,3-12H2,1-2H3,(H2,20,21)(H,22,23). The molecule has 3 N–H and O–H groups in total. The fourth-order valence-electron chi connectivity index (χ4n) is 4.64. The van der Waals surface area contributed by atoms with Crippen LogP contribution in [0.4, 0.5) is 11.6 Å². The third-order valence-corrected chi connectivity index (χ3v) is 6.06. The molecule has 3 heterocycles. The van der Waals surface area contributed by atoms with Gasteiger partial charge in [-0.15, -0.1) is 0 Å². The molecule has 25 heavy (non-hydrogen) atoms. The Morgan fingerprint density at radius 1 is 1.20 bits per heavy atom. The van der Waals surface area contributed by atoms with Crippen molar-refractivity contribution >= 4 is 22.5 Å². The van der Waals surface area contributed by atoms with Crippen LogP contribution in [0.3, 0.4) is 0 Å². The first-order valence-corrected chi connectivity index (χ1v) is 9.87. The highest BCUT2D eigenvalue weighted by Gasteiger charge is 2.29. The van der Waals surface area contributed by atoms with Crippen molar-refractivity contribution in [2.75, 3.05) is 30.3 Å². The third kappa shape index (κ3) is 2.86. The maximum atomic E-state index is 6.24. The molecule has 0 saturated heterocycles. The lowest BCUT2D eigenvalue weighted by Crippen LogP contribution is -2.40. The van der Waals surface area contributed by atoms with Crippen molar-refractivity contribution in [3.05, 3.63) is 11.3 Å². The predicted molar refractivity (Wildman–Crippen MR) is 103 cm³/mol. The number of hydrogen-bond donors (Lipinski definition) is 2. The van der Waals surface area contributed by atoms with Crippen molar-refractivity contribution in [3.63, 3.8) is 0 Å². The highest BCUT2D eigenvalue weighted by Crippen LogP contribution is 2.36. The molecule has 6 heteroatoms. The lowest BCUT2D eigenvalue weighted by atomic mass is 9.91. The second-order valence-electron chi connectivity index (χ2n) is 7.40. The minimum Gasteiger partial charge on any atom is -0.382 e. The molecule has 0 radical (unpaired) electrons. The zero-order chi connectivity index (χ0) is 17.4. The Hall–Kier alpha value is -1.82. The minimum absolute atomic E-state index is 0.589. The molecule has 4 rings (SSSR count). The summed E-state index contributed by atoms with van der Waals surface area (Å²) in [5.74, 6) is 1.63. The van der Waals surface area contributed by atoms with Gasteiger partial charge in [-0.2, -0.15) is 5.10 Å². The molecular weight excluding hydrogens is 312 g/mol. The lowest BCUT2D eigenvalue weighted by molar-refractivity contribution is 0.141. The van der Waals surface area contributed by atoms with Gasteiger partial charge in [0.15, 0.2) is 5.82 Å². The summed E-state index contributed by atoms with van der Waals surface area (Å²) in [6.07, 6.45) is 7.83. The Labute approximate surface area is 149 Å². The van der Waals surface area contributed by atoms with Crippen LogP contribution >= 0.6 is 0 Å². The fraction of sp³-hybridized carbons (Fsp3) is 0.684. The van der Waals surface area contributed by atoms with Gasteiger partial charge in [0.2, 0.25) is 0 Å². The highest BCUT2D eigenvalue weighted by atomic mass is 15.3. The number of hydrogen-bond acceptors (Lipinski definition) is 5. The minimum atomic E-state index is 0.589. The summed E-state index contributed by atoms with van der Waals surface area (Å²) >= 11 is 0. The molecule has 136 valence electrons. The van der Waals surface area contributed by atoms with Gasteiger partial charge in [0.05, 0.1) is 5.39 Å². The largest absolute Gasteiger partial charge is 0.382 e. The van der Waals surface area contributed by atoms with E-state index in [4.69, 9.17) is 10.7 Å². The molecular formula is C19H30N6. The fourth-order valence-corrected chi connectivity index (χ4v) is 4.64. The molecule has 0 atom stereocenters. The lowest BCUT2D eigenvalue weighted by Gasteiger charge is -2.37. The number of pyridine rings is 1. The maximum absolute atomic E-state index is 6.24. The van der Waals surface area contributed by atoms with Crippen LogP contribution < -0.4 is 10.6 Å². The zero-order valence-corrected chi connectivity index (χ0v) is 15.5. The smallest absolute Gasteiger partial charge is 0.158 e. The topological polar surface area (TPSA) is 74.1 Å². The summed E-state index contributed by atoms with van der Waals surface area (Å²) in [4.78, 5) is 9.69. The van der Waals surface area contributed by atoms with Gasteiger partial charge < -0.3 is 10.6 Å². The molecule has 2 aromatic rings. The molecule has 0 unspecified atom stereocenters. The molecule has 2 aromatic heterocycles. The van der Waals surface area contributed by atoms with Crippen LogP contribution in [-0.2, 0) is 13.0 Å². The first-order chi connectivity index (χ1) is 12.2. The quantitative estimate of drug-likeness (QED) is 0.893. The molecule has 1 aliphatic carbocycles. The third-order valence-electron chi connectivity index (χ3n) is 6.06. The molecule has 1 saturated carbocycles. The number of nitrogens with one attached hydrogen (secondary N) is 1. The number of anilines is 2. The van der Waals surface area contributed by atoms with Crippen molar-refractivity contribution < 1.29 is 0 Å². The van der Waals surface area contributed by atoms with Gasteiger partial charge in [-0.25, -0.2) is 4.98 Å². The monoisotopic (exact) mass is 342 g/mol. The number of rotatable bonds is 4. The first-order valence-electron chi connectivity index (χ1n) is 9.87. The summed E-state index contributed by atoms with van der Waals surface area (Å²) < 4.78 is 0. The van der Waals surface area contributed by atoms with Crippen LogP contribution in [-0.4, -0.2) is 45.8 Å². The van der Waals surface area contributed by atoms with Gasteiger partial charge >= 0.3 is 0 Å². The highest BCUT2D eigenvalue weighted by molar-refractivity contribution is 5.99. The van der Waals surface area contributed by atoms with E-state index in [1.807, 2.05) is 0 Å². The van der Waals surface area contributed by atoms with Gasteiger partial charge in [0.25, 0.3) is 0 Å². The number of aromatic amines is 1. The van der Waals surface area contributed by atoms with Crippen molar-refractivity contribution in [1.29, 1.82) is 0 Å². The number of nitrogens with zero attached hydrogens (tertiary/aromatic N) is 4. The van der Waals surface area contributed by atoms with E-state index in [0.29, 0.717) is 5.82 Å². The molecule has 0 spiro atoms. The van der Waals surface area contributed by atoms with E-state index in [2.05, 4.69) is 33.8 Å². The average Bonchev–Trinajstić information content (AvgIpc) is 3.09. The van der Waals surface area contributed by atoms with E-state index in [-0.39, 0.29) is 0 Å². The van der Waals surface area contributed by atoms with Gasteiger partial charge in [-0.3, -0.25) is 10.00 Å². The number of aromatic nitrogens is 3. The normalized spacial score (nSPS) is 19.3. The van der Waals surface area contributed by atoms with Crippen molar-refractivity contribution in [2.24, 2.45) is 0 Å². The SMILES string of the molecule is CCN(CC)c1n[nH]c2c(N)nc3c(c12)CN(C1CCCCC1)CC3. The van der Waals surface area contributed by atoms with Crippen LogP contribution in [0.5, 0.6) is 0 Å². The van der Waals surface area contributed by atoms with Crippen molar-refractivity contribution in [3.8, 4) is 0 Å². The zero-order valence-electron chi connectivity index (χ0n) is 15.5. The van der Waals surface area contributed by atoms with E-state index < -0.39 is 0 Å². The van der Waals surface area contributed by atoms with Crippen LogP contribution in [0.1, 0.15) is 57.2 Å². The Balaban J connectivity index is 1.76. The predicted octanol–water partition coefficient (Wildman–Crippen LogP) is 3.08. The van der Waals surface area contributed by atoms with Crippen LogP contribution in [0.15, 0.2) is 0 Å². The summed E-state index contributed by atoms with van der Waals surface area (Å²) in [7, 11) is 0. The molecule has 1 fully saturated rings. The second kappa shape index (κ2) is 6.83. The molecule has 6 nitrogen and oxygen atoms in total. The first kappa shape index (κ1) is 16.6. The van der Waals surface area contributed by atoms with Crippen LogP contribution in [0.2, 0.25) is 0 Å². The second-order valence-corrected chi connectivity index (χ2v) is 7.40. The van der Waals surface area contributed by atoms with E-state index in [0.717, 1.165) is 50.0 Å². The summed E-state index contributed by atoms with van der Waals surface area (Å²) in [6, 6.07) is 0.735. The van der Waals surface area contributed by atoms with E-state index in [1.165, 1.54) is 48.7 Å². The Kier molecular flexibility index (Phi) is 4.54. The van der Waals surface area contributed by atoms with Crippen molar-refractivity contribution in [2.45, 2.75) is 65.0 Å². The number of nitrogens with two attached hydrogens (primary N) is 1. The van der Waals surface area contributed by atoms with Crippen molar-refractivity contribution in [1.82, 2.24) is 20.1 Å². The Bertz CT molecular complexity index is 742.